The number of halogens is 1. The molecule has 14 heavy (non-hydrogen) atoms. The van der Waals surface area contributed by atoms with Crippen LogP contribution in [0.15, 0.2) is 28.7 Å². The first-order valence-corrected chi connectivity index (χ1v) is 4.98. The van der Waals surface area contributed by atoms with Gasteiger partial charge in [-0.05, 0) is 18.6 Å². The molecule has 0 bridgehead atoms. The molecule has 0 aliphatic rings. The summed E-state index contributed by atoms with van der Waals surface area (Å²) >= 11 is 3.26. The third kappa shape index (κ3) is 2.33. The van der Waals surface area contributed by atoms with Gasteiger partial charge >= 0.3 is 5.97 Å². The number of aliphatic hydroxyl groups is 1. The van der Waals surface area contributed by atoms with Crippen molar-refractivity contribution >= 4 is 21.9 Å². The molecule has 2 N–H and O–H groups in total. The van der Waals surface area contributed by atoms with E-state index in [4.69, 9.17) is 5.11 Å². The molecule has 0 spiro atoms. The molecule has 2 atom stereocenters. The van der Waals surface area contributed by atoms with E-state index in [1.165, 1.54) is 6.92 Å². The highest BCUT2D eigenvalue weighted by Crippen LogP contribution is 2.28. The highest BCUT2D eigenvalue weighted by atomic mass is 79.9. The van der Waals surface area contributed by atoms with Crippen molar-refractivity contribution < 1.29 is 15.0 Å². The number of aliphatic carboxylic acids is 1. The zero-order valence-electron chi connectivity index (χ0n) is 7.64. The van der Waals surface area contributed by atoms with Crippen LogP contribution in [0, 0.1) is 5.92 Å². The molecule has 3 nitrogen and oxygen atoms in total. The van der Waals surface area contributed by atoms with Crippen molar-refractivity contribution in [2.45, 2.75) is 13.0 Å². The van der Waals surface area contributed by atoms with Crippen molar-refractivity contribution in [1.82, 2.24) is 0 Å². The van der Waals surface area contributed by atoms with Crippen LogP contribution in [0.25, 0.3) is 0 Å². The summed E-state index contributed by atoms with van der Waals surface area (Å²) in [6.45, 7) is 1.48. The van der Waals surface area contributed by atoms with Gasteiger partial charge in [0.25, 0.3) is 0 Å². The zero-order valence-corrected chi connectivity index (χ0v) is 9.23. The van der Waals surface area contributed by atoms with Crippen molar-refractivity contribution in [3.8, 4) is 0 Å². The Morgan fingerprint density at radius 2 is 2.00 bits per heavy atom. The predicted molar refractivity (Wildman–Crippen MR) is 55.9 cm³/mol. The van der Waals surface area contributed by atoms with Gasteiger partial charge in [0.2, 0.25) is 0 Å². The third-order valence-electron chi connectivity index (χ3n) is 2.09. The van der Waals surface area contributed by atoms with Gasteiger partial charge in [0.05, 0.1) is 12.0 Å². The molecule has 0 radical (unpaired) electrons. The van der Waals surface area contributed by atoms with Crippen LogP contribution >= 0.6 is 15.9 Å². The van der Waals surface area contributed by atoms with E-state index in [1.54, 1.807) is 18.2 Å². The molecular weight excluding hydrogens is 248 g/mol. The van der Waals surface area contributed by atoms with E-state index >= 15 is 0 Å². The van der Waals surface area contributed by atoms with Gasteiger partial charge in [0.1, 0.15) is 0 Å². The Labute approximate surface area is 90.5 Å². The Kier molecular flexibility index (Phi) is 3.66. The van der Waals surface area contributed by atoms with Crippen LogP contribution in [-0.4, -0.2) is 16.2 Å². The van der Waals surface area contributed by atoms with Gasteiger partial charge < -0.3 is 10.2 Å². The Bertz CT molecular complexity index is 338. The summed E-state index contributed by atoms with van der Waals surface area (Å²) in [7, 11) is 0. The van der Waals surface area contributed by atoms with Crippen molar-refractivity contribution in [3.63, 3.8) is 0 Å². The van der Waals surface area contributed by atoms with Crippen LogP contribution in [-0.2, 0) is 4.79 Å². The summed E-state index contributed by atoms with van der Waals surface area (Å²) in [5.74, 6) is -1.82. The van der Waals surface area contributed by atoms with Gasteiger partial charge in [-0.15, -0.1) is 0 Å². The number of benzene rings is 1. The summed E-state index contributed by atoms with van der Waals surface area (Å²) < 4.78 is 0.723. The number of carboxylic acids is 1. The fraction of sp³-hybridized carbons (Fsp3) is 0.300. The third-order valence-corrected chi connectivity index (χ3v) is 2.81. The Hall–Kier alpha value is -0.870. The van der Waals surface area contributed by atoms with E-state index in [2.05, 4.69) is 15.9 Å². The normalized spacial score (nSPS) is 14.8. The maximum atomic E-state index is 10.7. The fourth-order valence-electron chi connectivity index (χ4n) is 1.12. The van der Waals surface area contributed by atoms with Gasteiger partial charge in [-0.1, -0.05) is 34.1 Å². The molecule has 0 unspecified atom stereocenters. The molecule has 1 aromatic carbocycles. The van der Waals surface area contributed by atoms with Crippen LogP contribution in [0.4, 0.5) is 0 Å². The molecule has 0 aliphatic carbocycles. The lowest BCUT2D eigenvalue weighted by atomic mass is 9.98. The number of hydrogen-bond acceptors (Lipinski definition) is 2. The predicted octanol–water partition coefficient (Wildman–Crippen LogP) is 2.20. The average Bonchev–Trinajstić information content (AvgIpc) is 2.16. The number of carbonyl (C=O) groups is 1. The van der Waals surface area contributed by atoms with E-state index in [9.17, 15) is 9.90 Å². The summed E-state index contributed by atoms with van der Waals surface area (Å²) in [5, 5.41) is 18.5. The van der Waals surface area contributed by atoms with Crippen LogP contribution in [0.1, 0.15) is 18.6 Å². The minimum absolute atomic E-state index is 0.599. The topological polar surface area (TPSA) is 57.5 Å². The number of hydrogen-bond donors (Lipinski definition) is 2. The smallest absolute Gasteiger partial charge is 0.309 e. The molecule has 0 heterocycles. The molecule has 0 saturated carbocycles. The highest BCUT2D eigenvalue weighted by Gasteiger charge is 2.23. The fourth-order valence-corrected chi connectivity index (χ4v) is 1.64. The van der Waals surface area contributed by atoms with Crippen molar-refractivity contribution in [2.75, 3.05) is 0 Å². The van der Waals surface area contributed by atoms with Crippen LogP contribution in [0.2, 0.25) is 0 Å². The van der Waals surface area contributed by atoms with Gasteiger partial charge in [-0.25, -0.2) is 0 Å². The van der Waals surface area contributed by atoms with Gasteiger partial charge in [-0.3, -0.25) is 4.79 Å². The molecule has 4 heteroatoms. The maximum Gasteiger partial charge on any atom is 0.309 e. The Morgan fingerprint density at radius 3 is 2.50 bits per heavy atom. The largest absolute Gasteiger partial charge is 0.481 e. The van der Waals surface area contributed by atoms with Crippen molar-refractivity contribution in [1.29, 1.82) is 0 Å². The quantitative estimate of drug-likeness (QED) is 0.874. The lowest BCUT2D eigenvalue weighted by molar-refractivity contribution is -0.145. The van der Waals surface area contributed by atoms with Crippen LogP contribution < -0.4 is 0 Å². The van der Waals surface area contributed by atoms with E-state index < -0.39 is 18.0 Å². The number of rotatable bonds is 3. The molecule has 1 rings (SSSR count). The first-order chi connectivity index (χ1) is 6.54. The average molecular weight is 259 g/mol. The molecule has 0 aliphatic heterocycles. The van der Waals surface area contributed by atoms with Crippen LogP contribution in [0.3, 0.4) is 0 Å². The van der Waals surface area contributed by atoms with Gasteiger partial charge in [0, 0.05) is 4.47 Å². The first-order valence-electron chi connectivity index (χ1n) is 4.19. The standard InChI is InChI=1S/C10H11BrO3/c1-6(10(13)14)9(12)7-4-2-3-5-8(7)11/h2-6,9,12H,1H3,(H,13,14)/t6-,9-/m0/s1. The van der Waals surface area contributed by atoms with E-state index in [0.29, 0.717) is 5.56 Å². The van der Waals surface area contributed by atoms with Gasteiger partial charge in [-0.2, -0.15) is 0 Å². The molecule has 1 aromatic rings. The second-order valence-corrected chi connectivity index (χ2v) is 3.95. The second-order valence-electron chi connectivity index (χ2n) is 3.09. The Morgan fingerprint density at radius 1 is 1.43 bits per heavy atom. The summed E-state index contributed by atoms with van der Waals surface area (Å²) in [6.07, 6.45) is -0.983. The molecule has 0 aromatic heterocycles. The minimum atomic E-state index is -1.01. The molecule has 76 valence electrons. The van der Waals surface area contributed by atoms with Gasteiger partial charge in [0.15, 0.2) is 0 Å². The number of carboxylic acid groups (broad SMARTS) is 1. The van der Waals surface area contributed by atoms with Crippen molar-refractivity contribution in [2.24, 2.45) is 5.92 Å². The zero-order chi connectivity index (χ0) is 10.7. The van der Waals surface area contributed by atoms with Crippen molar-refractivity contribution in [3.05, 3.63) is 34.3 Å². The molecule has 0 amide bonds. The summed E-state index contributed by atoms with van der Waals surface area (Å²) in [4.78, 5) is 10.7. The lowest BCUT2D eigenvalue weighted by Gasteiger charge is -2.16. The summed E-state index contributed by atoms with van der Waals surface area (Å²) in [6, 6.07) is 7.05. The molecular formula is C10H11BrO3. The SMILES string of the molecule is C[C@H](C(=O)O)[C@H](O)c1ccccc1Br. The monoisotopic (exact) mass is 258 g/mol. The lowest BCUT2D eigenvalue weighted by Crippen LogP contribution is -2.18. The van der Waals surface area contributed by atoms with E-state index in [1.807, 2.05) is 6.07 Å². The molecule has 0 fully saturated rings. The van der Waals surface area contributed by atoms with E-state index in [0.717, 1.165) is 4.47 Å². The number of aliphatic hydroxyl groups excluding tert-OH is 1. The maximum absolute atomic E-state index is 10.7. The first kappa shape index (κ1) is 11.2. The van der Waals surface area contributed by atoms with E-state index in [-0.39, 0.29) is 0 Å². The minimum Gasteiger partial charge on any atom is -0.481 e. The Balaban J connectivity index is 2.94. The molecule has 0 saturated heterocycles. The summed E-state index contributed by atoms with van der Waals surface area (Å²) in [5.41, 5.74) is 0.599. The van der Waals surface area contributed by atoms with Crippen LogP contribution in [0.5, 0.6) is 0 Å². The highest BCUT2D eigenvalue weighted by molar-refractivity contribution is 9.10. The second kappa shape index (κ2) is 4.57.